The zero-order valence-corrected chi connectivity index (χ0v) is 20.5. The Morgan fingerprint density at radius 2 is 1.97 bits per heavy atom. The summed E-state index contributed by atoms with van der Waals surface area (Å²) in [5.41, 5.74) is 5.76. The highest BCUT2D eigenvalue weighted by molar-refractivity contribution is 7.89. The Morgan fingerprint density at radius 1 is 1.19 bits per heavy atom. The highest BCUT2D eigenvalue weighted by atomic mass is 32.2. The maximum absolute atomic E-state index is 15.0. The van der Waals surface area contributed by atoms with Gasteiger partial charge in [0.05, 0.1) is 17.1 Å². The van der Waals surface area contributed by atoms with Crippen LogP contribution in [0.5, 0.6) is 5.88 Å². The molecule has 36 heavy (non-hydrogen) atoms. The topological polar surface area (TPSA) is 112 Å². The van der Waals surface area contributed by atoms with E-state index in [-0.39, 0.29) is 28.8 Å². The number of halogens is 4. The Hall–Kier alpha value is -3.35. The summed E-state index contributed by atoms with van der Waals surface area (Å²) in [6.45, 7) is 2.01. The van der Waals surface area contributed by atoms with Gasteiger partial charge in [-0.1, -0.05) is 15.8 Å². The number of hydrogen-bond donors (Lipinski definition) is 1. The van der Waals surface area contributed by atoms with Gasteiger partial charge < -0.3 is 15.0 Å². The molecule has 2 N–H and O–H groups in total. The predicted molar refractivity (Wildman–Crippen MR) is 128 cm³/mol. The molecule has 0 amide bonds. The summed E-state index contributed by atoms with van der Waals surface area (Å²) in [5.74, 6) is -0.0299. The van der Waals surface area contributed by atoms with Crippen LogP contribution in [0, 0.1) is 5.82 Å². The Bertz CT molecular complexity index is 1310. The van der Waals surface area contributed by atoms with Crippen LogP contribution in [0.1, 0.15) is 19.4 Å². The lowest BCUT2D eigenvalue weighted by Crippen LogP contribution is -2.53. The van der Waals surface area contributed by atoms with Crippen molar-refractivity contribution in [1.29, 1.82) is 0 Å². The summed E-state index contributed by atoms with van der Waals surface area (Å²) in [4.78, 5) is 12.5. The van der Waals surface area contributed by atoms with Crippen molar-refractivity contribution in [2.24, 2.45) is 15.1 Å². The molecule has 3 heterocycles. The molecule has 2 aromatic heterocycles. The SMILES string of the molecule is CN=S1CC(CF)(c2cc(-c3cc(-c4cnc(OCC(F)F)cn4)no3)ccc2F)N=C(N)C1(C)C. The van der Waals surface area contributed by atoms with Gasteiger partial charge in [0.15, 0.2) is 12.4 Å². The van der Waals surface area contributed by atoms with Crippen LogP contribution in [0.15, 0.2) is 50.5 Å². The van der Waals surface area contributed by atoms with Crippen molar-refractivity contribution in [3.8, 4) is 28.6 Å². The predicted octanol–water partition coefficient (Wildman–Crippen LogP) is 4.33. The summed E-state index contributed by atoms with van der Waals surface area (Å²) in [6, 6.07) is 5.71. The highest BCUT2D eigenvalue weighted by Crippen LogP contribution is 2.39. The van der Waals surface area contributed by atoms with Crippen molar-refractivity contribution < 1.29 is 26.8 Å². The zero-order chi connectivity index (χ0) is 26.1. The molecule has 1 aliphatic heterocycles. The van der Waals surface area contributed by atoms with Gasteiger partial charge in [0.25, 0.3) is 6.43 Å². The van der Waals surface area contributed by atoms with Crippen LogP contribution in [-0.4, -0.2) is 58.2 Å². The van der Waals surface area contributed by atoms with Gasteiger partial charge in [0.1, 0.15) is 35.3 Å². The first kappa shape index (κ1) is 25.7. The third-order valence-electron chi connectivity index (χ3n) is 5.87. The largest absolute Gasteiger partial charge is 0.470 e. The average molecular weight is 525 g/mol. The molecule has 0 spiro atoms. The van der Waals surface area contributed by atoms with Crippen LogP contribution in [0.25, 0.3) is 22.7 Å². The molecule has 2 atom stereocenters. The van der Waals surface area contributed by atoms with E-state index in [0.29, 0.717) is 17.0 Å². The van der Waals surface area contributed by atoms with E-state index in [9.17, 15) is 13.2 Å². The second kappa shape index (κ2) is 9.96. The van der Waals surface area contributed by atoms with Crippen molar-refractivity contribution in [3.05, 3.63) is 48.0 Å². The molecule has 1 aliphatic rings. The molecular weight excluding hydrogens is 500 g/mol. The molecule has 0 aliphatic carbocycles. The maximum Gasteiger partial charge on any atom is 0.272 e. The minimum absolute atomic E-state index is 0.0420. The Labute approximate surface area is 207 Å². The molecule has 8 nitrogen and oxygen atoms in total. The van der Waals surface area contributed by atoms with Gasteiger partial charge in [-0.2, -0.15) is 0 Å². The fourth-order valence-corrected chi connectivity index (χ4v) is 5.72. The molecule has 0 radical (unpaired) electrons. The zero-order valence-electron chi connectivity index (χ0n) is 19.7. The third-order valence-corrected chi connectivity index (χ3v) is 8.45. The molecule has 4 rings (SSSR count). The smallest absolute Gasteiger partial charge is 0.272 e. The van der Waals surface area contributed by atoms with E-state index < -0.39 is 46.5 Å². The van der Waals surface area contributed by atoms with Gasteiger partial charge in [-0.25, -0.2) is 27.5 Å². The quantitative estimate of drug-likeness (QED) is 0.461. The fourth-order valence-electron chi connectivity index (χ4n) is 3.73. The van der Waals surface area contributed by atoms with Crippen LogP contribution in [0.2, 0.25) is 0 Å². The number of aromatic nitrogens is 3. The number of hydrogen-bond acceptors (Lipinski definition) is 8. The van der Waals surface area contributed by atoms with Crippen LogP contribution >= 0.6 is 0 Å². The standard InChI is InChI=1S/C23H24F4N6O2S/c1-22(2)21(28)32-23(11-24,12-36(22)29-3)14-6-13(4-5-15(14)25)18-7-16(33-35-18)17-8-31-20(9-30-17)34-10-19(26)27/h4-9,19H,10-12H2,1-3H3,(H2,28,32). The summed E-state index contributed by atoms with van der Waals surface area (Å²) >= 11 is 0. The van der Waals surface area contributed by atoms with E-state index in [1.807, 2.05) is 13.8 Å². The lowest BCUT2D eigenvalue weighted by molar-refractivity contribution is 0.0794. The van der Waals surface area contributed by atoms with Crippen LogP contribution in [-0.2, 0) is 16.2 Å². The molecule has 1 aromatic carbocycles. The minimum Gasteiger partial charge on any atom is -0.470 e. The van der Waals surface area contributed by atoms with Gasteiger partial charge in [-0.15, -0.1) is 0 Å². The molecule has 192 valence electrons. The van der Waals surface area contributed by atoms with Crippen molar-refractivity contribution in [1.82, 2.24) is 15.1 Å². The van der Waals surface area contributed by atoms with Crippen LogP contribution in [0.3, 0.4) is 0 Å². The first-order chi connectivity index (χ1) is 17.1. The van der Waals surface area contributed by atoms with Crippen molar-refractivity contribution in [2.45, 2.75) is 30.6 Å². The molecular formula is C23H24F4N6O2S. The Balaban J connectivity index is 1.67. The second-order valence-corrected chi connectivity index (χ2v) is 11.0. The number of rotatable bonds is 7. The molecule has 0 saturated heterocycles. The summed E-state index contributed by atoms with van der Waals surface area (Å²) in [7, 11) is 0.946. The van der Waals surface area contributed by atoms with Crippen molar-refractivity contribution in [2.75, 3.05) is 26.1 Å². The number of nitrogens with zero attached hydrogens (tertiary/aromatic N) is 5. The number of benzene rings is 1. The first-order valence-corrected chi connectivity index (χ1v) is 12.2. The lowest BCUT2D eigenvalue weighted by atomic mass is 9.90. The minimum atomic E-state index is -2.63. The first-order valence-electron chi connectivity index (χ1n) is 10.8. The van der Waals surface area contributed by atoms with E-state index in [1.165, 1.54) is 30.6 Å². The highest BCUT2D eigenvalue weighted by Gasteiger charge is 2.45. The molecule has 2 unspecified atom stereocenters. The second-order valence-electron chi connectivity index (χ2n) is 8.58. The third kappa shape index (κ3) is 4.84. The van der Waals surface area contributed by atoms with Crippen molar-refractivity contribution >= 4 is 16.5 Å². The number of ether oxygens (including phenoxy) is 1. The van der Waals surface area contributed by atoms with Crippen molar-refractivity contribution in [3.63, 3.8) is 0 Å². The maximum atomic E-state index is 15.0. The van der Waals surface area contributed by atoms with Gasteiger partial charge in [0, 0.05) is 30.0 Å². The number of alkyl halides is 3. The van der Waals surface area contributed by atoms with E-state index in [4.69, 9.17) is 15.0 Å². The summed E-state index contributed by atoms with van der Waals surface area (Å²) < 4.78 is 68.2. The van der Waals surface area contributed by atoms with E-state index in [1.54, 1.807) is 13.1 Å². The van der Waals surface area contributed by atoms with E-state index in [0.717, 1.165) is 0 Å². The van der Waals surface area contributed by atoms with Gasteiger partial charge in [-0.3, -0.25) is 9.36 Å². The van der Waals surface area contributed by atoms with E-state index in [2.05, 4.69) is 24.5 Å². The molecule has 3 aromatic rings. The molecule has 0 bridgehead atoms. The molecule has 0 fully saturated rings. The van der Waals surface area contributed by atoms with Gasteiger partial charge >= 0.3 is 0 Å². The summed E-state index contributed by atoms with van der Waals surface area (Å²) in [5, 5.41) is 3.96. The Morgan fingerprint density at radius 3 is 2.61 bits per heavy atom. The van der Waals surface area contributed by atoms with E-state index >= 15 is 4.39 Å². The normalized spacial score (nSPS) is 21.6. The summed E-state index contributed by atoms with van der Waals surface area (Å²) in [6.07, 6.45) is -0.143. The fraction of sp³-hybridized carbons (Fsp3) is 0.391. The number of aliphatic imine (C=N–C) groups is 1. The monoisotopic (exact) mass is 524 g/mol. The number of amidine groups is 1. The van der Waals surface area contributed by atoms with Gasteiger partial charge in [0.2, 0.25) is 5.88 Å². The Kier molecular flexibility index (Phi) is 7.12. The number of nitrogens with two attached hydrogens (primary N) is 1. The molecule has 13 heteroatoms. The van der Waals surface area contributed by atoms with Crippen LogP contribution < -0.4 is 10.5 Å². The van der Waals surface area contributed by atoms with Crippen LogP contribution in [0.4, 0.5) is 17.6 Å². The lowest BCUT2D eigenvalue weighted by Gasteiger charge is -2.40. The average Bonchev–Trinajstić information content (AvgIpc) is 3.35. The molecule has 0 saturated carbocycles. The van der Waals surface area contributed by atoms with Gasteiger partial charge in [-0.05, 0) is 32.0 Å².